The first-order valence-corrected chi connectivity index (χ1v) is 4.51. The molecule has 0 amide bonds. The van der Waals surface area contributed by atoms with E-state index in [0.717, 1.165) is 11.4 Å². The number of aryl methyl sites for hydroxylation is 1. The van der Waals surface area contributed by atoms with Gasteiger partial charge in [0.15, 0.2) is 0 Å². The van der Waals surface area contributed by atoms with Crippen molar-refractivity contribution in [1.29, 1.82) is 0 Å². The lowest BCUT2D eigenvalue weighted by Gasteiger charge is -2.07. The van der Waals surface area contributed by atoms with Crippen LogP contribution in [0, 0.1) is 6.92 Å². The van der Waals surface area contributed by atoms with Gasteiger partial charge in [0.2, 0.25) is 0 Å². The highest BCUT2D eigenvalue weighted by Gasteiger charge is 2.05. The number of nitrogens with zero attached hydrogens (tertiary/aromatic N) is 2. The Morgan fingerprint density at radius 2 is 1.69 bits per heavy atom. The van der Waals surface area contributed by atoms with Crippen LogP contribution in [0.3, 0.4) is 0 Å². The first-order valence-electron chi connectivity index (χ1n) is 4.51. The Bertz CT molecular complexity index is 499. The molecule has 0 atom stereocenters. The Kier molecular flexibility index (Phi) is 5.05. The van der Waals surface area contributed by atoms with Crippen LogP contribution in [0.1, 0.15) is 13.1 Å². The molecule has 0 aliphatic rings. The fourth-order valence-corrected chi connectivity index (χ4v) is 1.51. The molecule has 88 valence electrons. The molecule has 0 radical (unpaired) electrons. The van der Waals surface area contributed by atoms with Crippen molar-refractivity contribution < 1.29 is 0 Å². The van der Waals surface area contributed by atoms with Crippen LogP contribution in [0.2, 0.25) is 0 Å². The number of benzene rings is 1. The lowest BCUT2D eigenvalue weighted by atomic mass is 10.3. The van der Waals surface area contributed by atoms with E-state index >= 15 is 0 Å². The van der Waals surface area contributed by atoms with Gasteiger partial charge in [0.05, 0.1) is 5.69 Å². The van der Waals surface area contributed by atoms with E-state index in [0.29, 0.717) is 0 Å². The molecular weight excluding hydrogens is 224 g/mol. The average Bonchev–Trinajstić information content (AvgIpc) is 2.43. The van der Waals surface area contributed by atoms with Crippen LogP contribution in [0.15, 0.2) is 41.2 Å². The van der Waals surface area contributed by atoms with Crippen LogP contribution in [0.5, 0.6) is 0 Å². The number of hydrogen-bond acceptors (Lipinski definition) is 1. The third-order valence-corrected chi connectivity index (χ3v) is 2.35. The van der Waals surface area contributed by atoms with Crippen LogP contribution in [0.25, 0.3) is 5.69 Å². The fraction of sp³-hybridized carbons (Fsp3) is 0.250. The quantitative estimate of drug-likeness (QED) is 0.753. The van der Waals surface area contributed by atoms with E-state index in [1.165, 1.54) is 0 Å². The van der Waals surface area contributed by atoms with E-state index in [2.05, 4.69) is 0 Å². The minimum absolute atomic E-state index is 0. The minimum atomic E-state index is 0. The summed E-state index contributed by atoms with van der Waals surface area (Å²) in [5, 5.41) is 0. The number of aromatic nitrogens is 2. The molecule has 1 heterocycles. The van der Waals surface area contributed by atoms with Gasteiger partial charge in [-0.05, 0) is 19.1 Å². The second kappa shape index (κ2) is 5.56. The summed E-state index contributed by atoms with van der Waals surface area (Å²) in [6.07, 6.45) is 0. The van der Waals surface area contributed by atoms with Crippen molar-refractivity contribution >= 4 is 12.4 Å². The molecule has 16 heavy (non-hydrogen) atoms. The van der Waals surface area contributed by atoms with Crippen LogP contribution < -0.4 is 5.56 Å². The normalized spacial score (nSPS) is 9.12. The summed E-state index contributed by atoms with van der Waals surface area (Å²) >= 11 is 0. The first kappa shape index (κ1) is 14.5. The molecule has 4 heteroatoms. The molecule has 1 aromatic carbocycles. The molecule has 2 rings (SSSR count). The van der Waals surface area contributed by atoms with E-state index in [-0.39, 0.29) is 25.4 Å². The summed E-state index contributed by atoms with van der Waals surface area (Å²) in [6, 6.07) is 11.2. The number of para-hydroxylation sites is 1. The Hall–Kier alpha value is -1.48. The Morgan fingerprint density at radius 1 is 1.12 bits per heavy atom. The number of hydrogen-bond donors (Lipinski definition) is 0. The zero-order chi connectivity index (χ0) is 10.1. The monoisotopic (exact) mass is 240 g/mol. The molecule has 3 nitrogen and oxygen atoms in total. The van der Waals surface area contributed by atoms with E-state index in [1.54, 1.807) is 10.7 Å². The topological polar surface area (TPSA) is 26.9 Å². The average molecular weight is 241 g/mol. The third kappa shape index (κ3) is 2.36. The predicted molar refractivity (Wildman–Crippen MR) is 69.7 cm³/mol. The van der Waals surface area contributed by atoms with Gasteiger partial charge in [-0.2, -0.15) is 0 Å². The summed E-state index contributed by atoms with van der Waals surface area (Å²) in [5.74, 6) is 0. The number of halogens is 1. The minimum Gasteiger partial charge on any atom is -0.285 e. The van der Waals surface area contributed by atoms with Crippen molar-refractivity contribution in [2.24, 2.45) is 7.05 Å². The van der Waals surface area contributed by atoms with Crippen molar-refractivity contribution in [3.63, 3.8) is 0 Å². The lowest BCUT2D eigenvalue weighted by Crippen LogP contribution is -2.18. The molecule has 2 aromatic rings. The maximum absolute atomic E-state index is 11.6. The molecular formula is C12H17ClN2O. The van der Waals surface area contributed by atoms with E-state index in [9.17, 15) is 4.79 Å². The van der Waals surface area contributed by atoms with Gasteiger partial charge in [-0.25, -0.2) is 4.68 Å². The van der Waals surface area contributed by atoms with Gasteiger partial charge in [0.25, 0.3) is 5.56 Å². The Morgan fingerprint density at radius 3 is 2.12 bits per heavy atom. The highest BCUT2D eigenvalue weighted by molar-refractivity contribution is 5.85. The van der Waals surface area contributed by atoms with Crippen LogP contribution >= 0.6 is 12.4 Å². The van der Waals surface area contributed by atoms with Crippen molar-refractivity contribution in [2.45, 2.75) is 14.4 Å². The van der Waals surface area contributed by atoms with E-state index in [4.69, 9.17) is 0 Å². The van der Waals surface area contributed by atoms with Crippen LogP contribution in [-0.4, -0.2) is 9.36 Å². The summed E-state index contributed by atoms with van der Waals surface area (Å²) in [7, 11) is 1.88. The molecule has 0 spiro atoms. The molecule has 0 aliphatic heterocycles. The van der Waals surface area contributed by atoms with Crippen molar-refractivity contribution in [3.05, 3.63) is 52.4 Å². The second-order valence-corrected chi connectivity index (χ2v) is 3.29. The van der Waals surface area contributed by atoms with Gasteiger partial charge < -0.3 is 0 Å². The second-order valence-electron chi connectivity index (χ2n) is 3.29. The van der Waals surface area contributed by atoms with Gasteiger partial charge in [0.1, 0.15) is 0 Å². The molecule has 0 aliphatic carbocycles. The van der Waals surface area contributed by atoms with Gasteiger partial charge >= 0.3 is 0 Å². The van der Waals surface area contributed by atoms with E-state index < -0.39 is 0 Å². The smallest absolute Gasteiger partial charge is 0.271 e. The maximum atomic E-state index is 11.6. The summed E-state index contributed by atoms with van der Waals surface area (Å²) < 4.78 is 3.49. The van der Waals surface area contributed by atoms with Crippen molar-refractivity contribution in [2.75, 3.05) is 0 Å². The van der Waals surface area contributed by atoms with Crippen molar-refractivity contribution in [1.82, 2.24) is 9.36 Å². The summed E-state index contributed by atoms with van der Waals surface area (Å²) in [6.45, 7) is 1.92. The Labute approximate surface area is 102 Å². The molecule has 0 unspecified atom stereocenters. The molecule has 0 saturated carbocycles. The molecule has 0 saturated heterocycles. The predicted octanol–water partition coefficient (Wildman–Crippen LogP) is 2.54. The zero-order valence-electron chi connectivity index (χ0n) is 8.68. The Balaban J connectivity index is 0.00000112. The fourth-order valence-electron chi connectivity index (χ4n) is 1.51. The van der Waals surface area contributed by atoms with Gasteiger partial charge in [0, 0.05) is 18.8 Å². The molecule has 1 aromatic heterocycles. The zero-order valence-corrected chi connectivity index (χ0v) is 9.49. The standard InChI is InChI=1S/C11H12N2O.CH4.ClH/c1-9-8-11(14)13(12(9)2)10-6-4-3-5-7-10;;/h3-8H,1-2H3;1H4;1H. The lowest BCUT2D eigenvalue weighted by molar-refractivity contribution is 0.630. The van der Waals surface area contributed by atoms with Crippen LogP contribution in [0.4, 0.5) is 0 Å². The summed E-state index contributed by atoms with van der Waals surface area (Å²) in [4.78, 5) is 11.6. The summed E-state index contributed by atoms with van der Waals surface area (Å²) in [5.41, 5.74) is 1.86. The molecule has 0 fully saturated rings. The van der Waals surface area contributed by atoms with Gasteiger partial charge in [-0.15, -0.1) is 12.4 Å². The molecule has 0 bridgehead atoms. The highest BCUT2D eigenvalue weighted by Crippen LogP contribution is 2.04. The maximum Gasteiger partial charge on any atom is 0.271 e. The SMILES string of the molecule is C.Cc1cc(=O)n(-c2ccccc2)n1C.Cl. The number of rotatable bonds is 1. The van der Waals surface area contributed by atoms with Gasteiger partial charge in [-0.3, -0.25) is 9.48 Å². The van der Waals surface area contributed by atoms with Gasteiger partial charge in [-0.1, -0.05) is 25.6 Å². The largest absolute Gasteiger partial charge is 0.285 e. The first-order chi connectivity index (χ1) is 6.70. The third-order valence-electron chi connectivity index (χ3n) is 2.35. The van der Waals surface area contributed by atoms with E-state index in [1.807, 2.05) is 49.0 Å². The van der Waals surface area contributed by atoms with Crippen molar-refractivity contribution in [3.8, 4) is 5.69 Å². The molecule has 0 N–H and O–H groups in total. The highest BCUT2D eigenvalue weighted by atomic mass is 35.5. The van der Waals surface area contributed by atoms with Crippen LogP contribution in [-0.2, 0) is 7.05 Å².